The molecule has 1 saturated heterocycles. The average Bonchev–Trinajstić information content (AvgIpc) is 3.06. The molecule has 11 heteroatoms. The molecule has 0 spiro atoms. The zero-order chi connectivity index (χ0) is 23.9. The summed E-state index contributed by atoms with van der Waals surface area (Å²) in [6, 6.07) is 4.58. The van der Waals surface area contributed by atoms with Crippen LogP contribution >= 0.6 is 11.6 Å². The standard InChI is InChI=1S/C22H26ClN7O3/c1-6-15-10-29(4)22(32)30(15)21-26-12(3)25-20(28-21)24-11(2)16-8-13-7-14(23)9-17(33-5)18(13)27-19(16)31/h7-9,11,15H,6,10H2,1-5H3,(H,27,31)(H,24,25,26,28)/t11-,15-/m0/s1. The molecule has 0 bridgehead atoms. The summed E-state index contributed by atoms with van der Waals surface area (Å²) in [4.78, 5) is 44.8. The van der Waals surface area contributed by atoms with Crippen LogP contribution in [0.3, 0.4) is 0 Å². The molecule has 2 N–H and O–H groups in total. The second kappa shape index (κ2) is 8.86. The minimum Gasteiger partial charge on any atom is -0.494 e. The minimum atomic E-state index is -0.434. The van der Waals surface area contributed by atoms with Crippen molar-refractivity contribution in [1.29, 1.82) is 0 Å². The average molecular weight is 472 g/mol. The highest BCUT2D eigenvalue weighted by Gasteiger charge is 2.37. The second-order valence-electron chi connectivity index (χ2n) is 8.09. The van der Waals surface area contributed by atoms with Crippen LogP contribution in [0.2, 0.25) is 5.02 Å². The van der Waals surface area contributed by atoms with Gasteiger partial charge in [0.05, 0.1) is 24.7 Å². The molecule has 1 fully saturated rings. The van der Waals surface area contributed by atoms with E-state index in [1.165, 1.54) is 7.11 Å². The van der Waals surface area contributed by atoms with Gasteiger partial charge in [-0.1, -0.05) is 18.5 Å². The summed E-state index contributed by atoms with van der Waals surface area (Å²) in [5.74, 6) is 1.54. The van der Waals surface area contributed by atoms with Gasteiger partial charge in [-0.15, -0.1) is 0 Å². The van der Waals surface area contributed by atoms with Crippen LogP contribution in [-0.4, -0.2) is 57.6 Å². The van der Waals surface area contributed by atoms with Crippen molar-refractivity contribution >= 4 is 40.4 Å². The van der Waals surface area contributed by atoms with Crippen molar-refractivity contribution in [1.82, 2.24) is 24.8 Å². The molecule has 0 radical (unpaired) electrons. The van der Waals surface area contributed by atoms with Crippen molar-refractivity contribution in [2.24, 2.45) is 0 Å². The zero-order valence-corrected chi connectivity index (χ0v) is 19.9. The predicted octanol–water partition coefficient (Wildman–Crippen LogP) is 3.51. The number of halogens is 1. The predicted molar refractivity (Wildman–Crippen MR) is 127 cm³/mol. The Hall–Kier alpha value is -3.40. The number of amides is 2. The van der Waals surface area contributed by atoms with Gasteiger partial charge in [0.15, 0.2) is 0 Å². The number of hydrogen-bond acceptors (Lipinski definition) is 7. The van der Waals surface area contributed by atoms with Gasteiger partial charge in [0.2, 0.25) is 11.9 Å². The van der Waals surface area contributed by atoms with Crippen molar-refractivity contribution in [2.45, 2.75) is 39.3 Å². The number of ether oxygens (including phenoxy) is 1. The SMILES string of the molecule is CC[C@H]1CN(C)C(=O)N1c1nc(C)nc(N[C@@H](C)c2cc3cc(Cl)cc(OC)c3[nH]c2=O)n1. The van der Waals surface area contributed by atoms with Gasteiger partial charge in [0.25, 0.3) is 5.56 Å². The molecule has 33 heavy (non-hydrogen) atoms. The summed E-state index contributed by atoms with van der Waals surface area (Å²) >= 11 is 6.20. The number of pyridine rings is 1. The van der Waals surface area contributed by atoms with E-state index in [9.17, 15) is 9.59 Å². The van der Waals surface area contributed by atoms with Gasteiger partial charge in [-0.05, 0) is 32.4 Å². The molecule has 1 aliphatic rings. The molecule has 10 nitrogen and oxygen atoms in total. The molecule has 2 aromatic heterocycles. The Balaban J connectivity index is 1.67. The van der Waals surface area contributed by atoms with Gasteiger partial charge in [-0.2, -0.15) is 15.0 Å². The fourth-order valence-corrected chi connectivity index (χ4v) is 4.26. The topological polar surface area (TPSA) is 116 Å². The van der Waals surface area contributed by atoms with Gasteiger partial charge >= 0.3 is 6.03 Å². The van der Waals surface area contributed by atoms with Crippen LogP contribution in [0, 0.1) is 6.92 Å². The highest BCUT2D eigenvalue weighted by Crippen LogP contribution is 2.29. The summed E-state index contributed by atoms with van der Waals surface area (Å²) < 4.78 is 5.34. The monoisotopic (exact) mass is 471 g/mol. The summed E-state index contributed by atoms with van der Waals surface area (Å²) in [6.45, 7) is 6.20. The summed E-state index contributed by atoms with van der Waals surface area (Å²) in [6.07, 6.45) is 0.776. The maximum atomic E-state index is 12.8. The number of nitrogens with one attached hydrogen (secondary N) is 2. The Kier molecular flexibility index (Phi) is 6.11. The first kappa shape index (κ1) is 22.8. The van der Waals surface area contributed by atoms with Crippen LogP contribution in [0.4, 0.5) is 16.7 Å². The van der Waals surface area contributed by atoms with E-state index < -0.39 is 6.04 Å². The molecule has 0 aliphatic carbocycles. The number of aryl methyl sites for hydroxylation is 1. The molecular formula is C22H26ClN7O3. The number of H-pyrrole nitrogens is 1. The van der Waals surface area contributed by atoms with Crippen molar-refractivity contribution in [2.75, 3.05) is 30.9 Å². The largest absolute Gasteiger partial charge is 0.494 e. The Bertz CT molecular complexity index is 1280. The first-order valence-corrected chi connectivity index (χ1v) is 11.0. The number of aromatic nitrogens is 4. The van der Waals surface area contributed by atoms with Crippen LogP contribution < -0.4 is 20.5 Å². The first-order valence-electron chi connectivity index (χ1n) is 10.7. The number of likely N-dealkylation sites (N-methyl/N-ethyl adjacent to an activating group) is 1. The molecule has 174 valence electrons. The van der Waals surface area contributed by atoms with E-state index in [2.05, 4.69) is 25.3 Å². The van der Waals surface area contributed by atoms with Crippen molar-refractivity contribution < 1.29 is 9.53 Å². The van der Waals surface area contributed by atoms with E-state index >= 15 is 0 Å². The van der Waals surface area contributed by atoms with Gasteiger partial charge < -0.3 is 19.9 Å². The highest BCUT2D eigenvalue weighted by molar-refractivity contribution is 6.31. The number of methoxy groups -OCH3 is 1. The zero-order valence-electron chi connectivity index (χ0n) is 19.1. The lowest BCUT2D eigenvalue weighted by atomic mass is 10.1. The molecular weight excluding hydrogens is 446 g/mol. The van der Waals surface area contributed by atoms with E-state index in [0.29, 0.717) is 40.2 Å². The third kappa shape index (κ3) is 4.30. The third-order valence-corrected chi connectivity index (χ3v) is 5.96. The summed E-state index contributed by atoms with van der Waals surface area (Å²) in [5.41, 5.74) is 0.787. The molecule has 3 aromatic rings. The third-order valence-electron chi connectivity index (χ3n) is 5.75. The van der Waals surface area contributed by atoms with Crippen LogP contribution in [0.15, 0.2) is 23.0 Å². The number of nitrogens with zero attached hydrogens (tertiary/aromatic N) is 5. The molecule has 2 atom stereocenters. The van der Waals surface area contributed by atoms with Crippen LogP contribution in [0.25, 0.3) is 10.9 Å². The van der Waals surface area contributed by atoms with Crippen LogP contribution in [0.5, 0.6) is 5.75 Å². The van der Waals surface area contributed by atoms with E-state index in [0.717, 1.165) is 11.8 Å². The smallest absolute Gasteiger partial charge is 0.327 e. The van der Waals surface area contributed by atoms with E-state index in [1.54, 1.807) is 42.0 Å². The maximum absolute atomic E-state index is 12.8. The minimum absolute atomic E-state index is 0.0161. The van der Waals surface area contributed by atoms with Crippen molar-refractivity contribution in [3.63, 3.8) is 0 Å². The number of carbonyl (C=O) groups is 1. The van der Waals surface area contributed by atoms with Crippen LogP contribution in [-0.2, 0) is 0 Å². The van der Waals surface area contributed by atoms with Crippen molar-refractivity contribution in [3.8, 4) is 5.75 Å². The first-order chi connectivity index (χ1) is 15.7. The van der Waals surface area contributed by atoms with E-state index in [1.807, 2.05) is 13.8 Å². The lowest BCUT2D eigenvalue weighted by Crippen LogP contribution is -2.36. The Morgan fingerprint density at radius 3 is 2.73 bits per heavy atom. The summed E-state index contributed by atoms with van der Waals surface area (Å²) in [5, 5.41) is 4.42. The van der Waals surface area contributed by atoms with Crippen molar-refractivity contribution in [3.05, 3.63) is 45.0 Å². The van der Waals surface area contributed by atoms with Gasteiger partial charge in [-0.25, -0.2) is 4.79 Å². The quantitative estimate of drug-likeness (QED) is 0.565. The van der Waals surface area contributed by atoms with Gasteiger partial charge in [0.1, 0.15) is 11.6 Å². The normalized spacial score (nSPS) is 17.0. The summed E-state index contributed by atoms with van der Waals surface area (Å²) in [7, 11) is 3.28. The van der Waals surface area contributed by atoms with Gasteiger partial charge in [0, 0.05) is 35.6 Å². The molecule has 1 aliphatic heterocycles. The number of hydrogen-bond donors (Lipinski definition) is 2. The molecule has 0 unspecified atom stereocenters. The van der Waals surface area contributed by atoms with E-state index in [-0.39, 0.29) is 23.6 Å². The molecule has 2 amide bonds. The number of fused-ring (bicyclic) bond motifs is 1. The van der Waals surface area contributed by atoms with Crippen LogP contribution in [0.1, 0.15) is 37.7 Å². The second-order valence-corrected chi connectivity index (χ2v) is 8.53. The molecule has 4 rings (SSSR count). The van der Waals surface area contributed by atoms with E-state index in [4.69, 9.17) is 16.3 Å². The fourth-order valence-electron chi connectivity index (χ4n) is 4.04. The number of rotatable bonds is 6. The lowest BCUT2D eigenvalue weighted by Gasteiger charge is -2.21. The van der Waals surface area contributed by atoms with Gasteiger partial charge in [-0.3, -0.25) is 9.69 Å². The fraction of sp³-hybridized carbons (Fsp3) is 0.409. The number of urea groups is 1. The lowest BCUT2D eigenvalue weighted by molar-refractivity contribution is 0.229. The Labute approximate surface area is 196 Å². The number of anilines is 2. The Morgan fingerprint density at radius 2 is 2.03 bits per heavy atom. The molecule has 1 aromatic carbocycles. The molecule has 3 heterocycles. The number of benzene rings is 1. The maximum Gasteiger partial charge on any atom is 0.327 e. The number of carbonyl (C=O) groups excluding carboxylic acids is 1. The Morgan fingerprint density at radius 1 is 1.27 bits per heavy atom. The molecule has 0 saturated carbocycles. The highest BCUT2D eigenvalue weighted by atomic mass is 35.5. The number of aromatic amines is 1.